The van der Waals surface area contributed by atoms with Crippen molar-refractivity contribution in [1.82, 2.24) is 15.1 Å². The Kier molecular flexibility index (Phi) is 5.48. The average Bonchev–Trinajstić information content (AvgIpc) is 3.04. The zero-order valence-corrected chi connectivity index (χ0v) is 14.1. The highest BCUT2D eigenvalue weighted by Crippen LogP contribution is 2.18. The average molecular weight is 341 g/mol. The number of hydrogen-bond acceptors (Lipinski definition) is 3. The van der Waals surface area contributed by atoms with Crippen molar-refractivity contribution >= 4 is 11.9 Å². The number of rotatable bonds is 7. The van der Waals surface area contributed by atoms with Gasteiger partial charge in [0.2, 0.25) is 0 Å². The van der Waals surface area contributed by atoms with Crippen LogP contribution in [0.2, 0.25) is 0 Å². The molecule has 0 spiro atoms. The fourth-order valence-corrected chi connectivity index (χ4v) is 3.30. The van der Waals surface area contributed by atoms with Crippen LogP contribution in [-0.4, -0.2) is 32.8 Å². The molecule has 0 bridgehead atoms. The summed E-state index contributed by atoms with van der Waals surface area (Å²) in [6.07, 6.45) is 5.70. The van der Waals surface area contributed by atoms with Crippen LogP contribution in [0.1, 0.15) is 47.3 Å². The van der Waals surface area contributed by atoms with E-state index in [4.69, 9.17) is 5.11 Å². The molecule has 0 fully saturated rings. The molecule has 2 heterocycles. The minimum absolute atomic E-state index is 0.0316. The molecule has 1 unspecified atom stereocenters. The van der Waals surface area contributed by atoms with Gasteiger partial charge in [-0.15, -0.1) is 0 Å². The van der Waals surface area contributed by atoms with E-state index in [-0.39, 0.29) is 18.4 Å². The van der Waals surface area contributed by atoms with E-state index in [2.05, 4.69) is 10.4 Å². The zero-order chi connectivity index (χ0) is 17.6. The van der Waals surface area contributed by atoms with Crippen molar-refractivity contribution in [1.29, 1.82) is 0 Å². The molecule has 0 saturated carbocycles. The van der Waals surface area contributed by atoms with Gasteiger partial charge in [-0.3, -0.25) is 14.3 Å². The Morgan fingerprint density at radius 3 is 2.80 bits per heavy atom. The molecular formula is C19H23N3O3. The van der Waals surface area contributed by atoms with Gasteiger partial charge in [-0.2, -0.15) is 5.10 Å². The van der Waals surface area contributed by atoms with Crippen LogP contribution in [0.3, 0.4) is 0 Å². The number of nitrogens with zero attached hydrogens (tertiary/aromatic N) is 2. The second-order valence-electron chi connectivity index (χ2n) is 6.48. The molecule has 25 heavy (non-hydrogen) atoms. The van der Waals surface area contributed by atoms with Crippen molar-refractivity contribution in [2.45, 2.75) is 51.1 Å². The SMILES string of the molecule is O=C(O)CCC(Cc1ccccc1)NC(=O)c1cnn2c1CCCC2. The van der Waals surface area contributed by atoms with Crippen molar-refractivity contribution in [3.05, 3.63) is 53.3 Å². The van der Waals surface area contributed by atoms with E-state index >= 15 is 0 Å². The number of aromatic nitrogens is 2. The van der Waals surface area contributed by atoms with Crippen molar-refractivity contribution < 1.29 is 14.7 Å². The first-order valence-corrected chi connectivity index (χ1v) is 8.75. The van der Waals surface area contributed by atoms with Gasteiger partial charge in [-0.1, -0.05) is 30.3 Å². The summed E-state index contributed by atoms with van der Waals surface area (Å²) in [7, 11) is 0. The van der Waals surface area contributed by atoms with Gasteiger partial charge in [-0.05, 0) is 37.7 Å². The molecule has 1 amide bonds. The molecular weight excluding hydrogens is 318 g/mol. The Labute approximate surface area is 146 Å². The lowest BCUT2D eigenvalue weighted by Crippen LogP contribution is -2.37. The Hall–Kier alpha value is -2.63. The van der Waals surface area contributed by atoms with Gasteiger partial charge in [0.15, 0.2) is 0 Å². The number of carboxylic acid groups (broad SMARTS) is 1. The maximum absolute atomic E-state index is 12.7. The highest BCUT2D eigenvalue weighted by molar-refractivity contribution is 5.95. The number of aliphatic carboxylic acids is 1. The highest BCUT2D eigenvalue weighted by atomic mass is 16.4. The minimum Gasteiger partial charge on any atom is -0.481 e. The number of carboxylic acids is 1. The fourth-order valence-electron chi connectivity index (χ4n) is 3.30. The number of hydrogen-bond donors (Lipinski definition) is 2. The molecule has 2 N–H and O–H groups in total. The van der Waals surface area contributed by atoms with Crippen LogP contribution in [0.15, 0.2) is 36.5 Å². The number of carbonyl (C=O) groups is 2. The number of fused-ring (bicyclic) bond motifs is 1. The summed E-state index contributed by atoms with van der Waals surface area (Å²) in [4.78, 5) is 23.6. The van der Waals surface area contributed by atoms with Crippen molar-refractivity contribution in [3.63, 3.8) is 0 Å². The van der Waals surface area contributed by atoms with Crippen molar-refractivity contribution in [3.8, 4) is 0 Å². The number of nitrogens with one attached hydrogen (secondary N) is 1. The highest BCUT2D eigenvalue weighted by Gasteiger charge is 2.22. The fraction of sp³-hybridized carbons (Fsp3) is 0.421. The second kappa shape index (κ2) is 7.96. The van der Waals surface area contributed by atoms with Crippen LogP contribution in [0.5, 0.6) is 0 Å². The second-order valence-corrected chi connectivity index (χ2v) is 6.48. The third kappa shape index (κ3) is 4.47. The molecule has 1 aliphatic heterocycles. The van der Waals surface area contributed by atoms with Crippen LogP contribution in [0.4, 0.5) is 0 Å². The lowest BCUT2D eigenvalue weighted by Gasteiger charge is -2.19. The summed E-state index contributed by atoms with van der Waals surface area (Å²) in [5, 5.41) is 16.3. The number of amides is 1. The van der Waals surface area contributed by atoms with Gasteiger partial charge >= 0.3 is 5.97 Å². The first-order valence-electron chi connectivity index (χ1n) is 8.75. The van der Waals surface area contributed by atoms with Crippen molar-refractivity contribution in [2.24, 2.45) is 0 Å². The third-order valence-electron chi connectivity index (χ3n) is 4.59. The molecule has 0 saturated heterocycles. The monoisotopic (exact) mass is 341 g/mol. The minimum atomic E-state index is -0.852. The van der Waals surface area contributed by atoms with Gasteiger partial charge in [-0.25, -0.2) is 0 Å². The van der Waals surface area contributed by atoms with E-state index < -0.39 is 5.97 Å². The van der Waals surface area contributed by atoms with Crippen LogP contribution >= 0.6 is 0 Å². The molecule has 2 aromatic rings. The quantitative estimate of drug-likeness (QED) is 0.810. The van der Waals surface area contributed by atoms with E-state index in [1.807, 2.05) is 35.0 Å². The van der Waals surface area contributed by atoms with Gasteiger partial charge in [0.25, 0.3) is 5.91 Å². The Morgan fingerprint density at radius 2 is 2.04 bits per heavy atom. The Morgan fingerprint density at radius 1 is 1.24 bits per heavy atom. The molecule has 1 atom stereocenters. The Bertz CT molecular complexity index is 740. The molecule has 6 heteroatoms. The maximum atomic E-state index is 12.7. The largest absolute Gasteiger partial charge is 0.481 e. The van der Waals surface area contributed by atoms with Crippen LogP contribution in [0.25, 0.3) is 0 Å². The number of carbonyl (C=O) groups excluding carboxylic acids is 1. The summed E-state index contributed by atoms with van der Waals surface area (Å²) in [5.74, 6) is -1.01. The van der Waals surface area contributed by atoms with E-state index in [0.717, 1.165) is 37.1 Å². The van der Waals surface area contributed by atoms with Crippen LogP contribution < -0.4 is 5.32 Å². The van der Waals surface area contributed by atoms with Gasteiger partial charge < -0.3 is 10.4 Å². The molecule has 1 aliphatic rings. The number of aryl methyl sites for hydroxylation is 1. The normalized spacial score (nSPS) is 14.6. The smallest absolute Gasteiger partial charge is 0.303 e. The molecule has 1 aromatic heterocycles. The lowest BCUT2D eigenvalue weighted by atomic mass is 10.0. The van der Waals surface area contributed by atoms with Crippen molar-refractivity contribution in [2.75, 3.05) is 0 Å². The topological polar surface area (TPSA) is 84.2 Å². The predicted octanol–water partition coefficient (Wildman–Crippen LogP) is 2.43. The van der Waals surface area contributed by atoms with Crippen LogP contribution in [0, 0.1) is 0 Å². The van der Waals surface area contributed by atoms with E-state index in [0.29, 0.717) is 18.4 Å². The third-order valence-corrected chi connectivity index (χ3v) is 4.59. The van der Waals surface area contributed by atoms with E-state index in [9.17, 15) is 9.59 Å². The molecule has 6 nitrogen and oxygen atoms in total. The molecule has 3 rings (SSSR count). The first kappa shape index (κ1) is 17.2. The van der Waals surface area contributed by atoms with Crippen LogP contribution in [-0.2, 0) is 24.2 Å². The first-order chi connectivity index (χ1) is 12.1. The van der Waals surface area contributed by atoms with E-state index in [1.54, 1.807) is 6.20 Å². The lowest BCUT2D eigenvalue weighted by molar-refractivity contribution is -0.137. The molecule has 132 valence electrons. The van der Waals surface area contributed by atoms with Gasteiger partial charge in [0, 0.05) is 19.0 Å². The predicted molar refractivity (Wildman–Crippen MR) is 93.4 cm³/mol. The molecule has 1 aromatic carbocycles. The van der Waals surface area contributed by atoms with Gasteiger partial charge in [0.1, 0.15) is 0 Å². The van der Waals surface area contributed by atoms with E-state index in [1.165, 1.54) is 0 Å². The molecule has 0 radical (unpaired) electrons. The summed E-state index contributed by atoms with van der Waals surface area (Å²) in [5.41, 5.74) is 2.68. The summed E-state index contributed by atoms with van der Waals surface area (Å²) < 4.78 is 1.90. The summed E-state index contributed by atoms with van der Waals surface area (Å²) >= 11 is 0. The Balaban J connectivity index is 1.71. The molecule has 0 aliphatic carbocycles. The standard InChI is InChI=1S/C19H23N3O3/c23-18(24)10-9-15(12-14-6-2-1-3-7-14)21-19(25)16-13-20-22-11-5-4-8-17(16)22/h1-3,6-7,13,15H,4-5,8-12H2,(H,21,25)(H,23,24). The number of benzene rings is 1. The zero-order valence-electron chi connectivity index (χ0n) is 14.1. The maximum Gasteiger partial charge on any atom is 0.303 e. The summed E-state index contributed by atoms with van der Waals surface area (Å²) in [6.45, 7) is 0.856. The summed E-state index contributed by atoms with van der Waals surface area (Å²) in [6, 6.07) is 9.58. The van der Waals surface area contributed by atoms with Gasteiger partial charge in [0.05, 0.1) is 17.5 Å².